The van der Waals surface area contributed by atoms with Crippen LogP contribution in [0, 0.1) is 5.92 Å². The van der Waals surface area contributed by atoms with E-state index >= 15 is 0 Å². The van der Waals surface area contributed by atoms with Gasteiger partial charge in [0.1, 0.15) is 0 Å². The van der Waals surface area contributed by atoms with Gasteiger partial charge in [0.2, 0.25) is 0 Å². The van der Waals surface area contributed by atoms with Gasteiger partial charge in [-0.15, -0.1) is 0 Å². The standard InChI is InChI=1S/C20H19ClN4O2/c1-11(2)19(16-8-15(21)7-14-9-22-24-18(14)16)25-17-5-4-12(20(26)27-3)6-13(17)10-23-25/h4-11,19H,1-3H3,(H,22,24). The van der Waals surface area contributed by atoms with Crippen LogP contribution in [-0.4, -0.2) is 33.1 Å². The number of methoxy groups -OCH3 is 1. The minimum Gasteiger partial charge on any atom is -0.465 e. The van der Waals surface area contributed by atoms with E-state index in [0.29, 0.717) is 10.6 Å². The van der Waals surface area contributed by atoms with Crippen LogP contribution in [0.2, 0.25) is 5.02 Å². The molecule has 0 fully saturated rings. The summed E-state index contributed by atoms with van der Waals surface area (Å²) in [5, 5.41) is 14.4. The number of hydrogen-bond acceptors (Lipinski definition) is 4. The number of hydrogen-bond donors (Lipinski definition) is 1. The van der Waals surface area contributed by atoms with Crippen LogP contribution in [0.1, 0.15) is 35.8 Å². The van der Waals surface area contributed by atoms with E-state index in [-0.39, 0.29) is 17.9 Å². The Balaban J connectivity index is 1.90. The SMILES string of the molecule is COC(=O)c1ccc2c(cnn2C(c2cc(Cl)cc3cn[nH]c23)C(C)C)c1. The number of carbonyl (C=O) groups is 1. The summed E-state index contributed by atoms with van der Waals surface area (Å²) < 4.78 is 6.79. The van der Waals surface area contributed by atoms with E-state index in [1.54, 1.807) is 24.5 Å². The molecule has 4 aromatic rings. The van der Waals surface area contributed by atoms with Crippen LogP contribution in [0.25, 0.3) is 21.8 Å². The van der Waals surface area contributed by atoms with Crippen molar-refractivity contribution in [2.75, 3.05) is 7.11 Å². The summed E-state index contributed by atoms with van der Waals surface area (Å²) in [4.78, 5) is 11.8. The van der Waals surface area contributed by atoms with Crippen LogP contribution in [0.4, 0.5) is 0 Å². The highest BCUT2D eigenvalue weighted by atomic mass is 35.5. The number of fused-ring (bicyclic) bond motifs is 2. The van der Waals surface area contributed by atoms with Crippen molar-refractivity contribution in [3.8, 4) is 0 Å². The molecule has 0 bridgehead atoms. The third-order valence-electron chi connectivity index (χ3n) is 4.77. The molecule has 0 aliphatic heterocycles. The maximum absolute atomic E-state index is 11.8. The summed E-state index contributed by atoms with van der Waals surface area (Å²) in [6.45, 7) is 4.29. The van der Waals surface area contributed by atoms with Gasteiger partial charge in [-0.1, -0.05) is 25.4 Å². The Bertz CT molecular complexity index is 1150. The Morgan fingerprint density at radius 3 is 2.74 bits per heavy atom. The number of aromatic amines is 1. The van der Waals surface area contributed by atoms with Crippen molar-refractivity contribution in [3.63, 3.8) is 0 Å². The van der Waals surface area contributed by atoms with Crippen LogP contribution in [0.3, 0.4) is 0 Å². The molecule has 0 saturated heterocycles. The average molecular weight is 383 g/mol. The molecule has 1 N–H and O–H groups in total. The molecular weight excluding hydrogens is 364 g/mol. The maximum Gasteiger partial charge on any atom is 0.337 e. The minimum atomic E-state index is -0.362. The van der Waals surface area contributed by atoms with E-state index in [1.165, 1.54) is 7.11 Å². The first-order valence-corrected chi connectivity index (χ1v) is 9.05. The normalized spacial score (nSPS) is 12.8. The van der Waals surface area contributed by atoms with E-state index in [9.17, 15) is 4.79 Å². The number of H-pyrrole nitrogens is 1. The predicted molar refractivity (Wildman–Crippen MR) is 105 cm³/mol. The Morgan fingerprint density at radius 2 is 2.00 bits per heavy atom. The number of benzene rings is 2. The van der Waals surface area contributed by atoms with Crippen molar-refractivity contribution >= 4 is 39.4 Å². The molecule has 6 nitrogen and oxygen atoms in total. The second kappa shape index (κ2) is 6.70. The largest absolute Gasteiger partial charge is 0.465 e. The van der Waals surface area contributed by atoms with Crippen LogP contribution < -0.4 is 0 Å². The van der Waals surface area contributed by atoms with Gasteiger partial charge in [0.25, 0.3) is 0 Å². The van der Waals surface area contributed by atoms with Gasteiger partial charge in [-0.2, -0.15) is 10.2 Å². The van der Waals surface area contributed by atoms with Gasteiger partial charge in [-0.05, 0) is 36.2 Å². The fraction of sp³-hybridized carbons (Fsp3) is 0.250. The number of ether oxygens (including phenoxy) is 1. The quantitative estimate of drug-likeness (QED) is 0.523. The lowest BCUT2D eigenvalue weighted by Gasteiger charge is -2.24. The monoisotopic (exact) mass is 382 g/mol. The number of aromatic nitrogens is 4. The molecule has 0 aliphatic carbocycles. The molecule has 0 amide bonds. The number of rotatable bonds is 4. The number of nitrogens with zero attached hydrogens (tertiary/aromatic N) is 3. The molecule has 0 aliphatic rings. The molecule has 4 rings (SSSR count). The summed E-state index contributed by atoms with van der Waals surface area (Å²) in [5.41, 5.74) is 3.43. The highest BCUT2D eigenvalue weighted by Crippen LogP contribution is 2.35. The van der Waals surface area contributed by atoms with Crippen molar-refractivity contribution in [1.82, 2.24) is 20.0 Å². The highest BCUT2D eigenvalue weighted by Gasteiger charge is 2.24. The first kappa shape index (κ1) is 17.5. The van der Waals surface area contributed by atoms with Crippen molar-refractivity contribution in [2.45, 2.75) is 19.9 Å². The molecule has 0 radical (unpaired) electrons. The Morgan fingerprint density at radius 1 is 1.19 bits per heavy atom. The molecule has 27 heavy (non-hydrogen) atoms. The number of carbonyl (C=O) groups excluding carboxylic acids is 1. The maximum atomic E-state index is 11.8. The van der Waals surface area contributed by atoms with Crippen LogP contribution in [0.5, 0.6) is 0 Å². The molecule has 7 heteroatoms. The third kappa shape index (κ3) is 2.96. The summed E-state index contributed by atoms with van der Waals surface area (Å²) in [7, 11) is 1.37. The van der Waals surface area contributed by atoms with Crippen molar-refractivity contribution in [1.29, 1.82) is 0 Å². The summed E-state index contributed by atoms with van der Waals surface area (Å²) >= 11 is 6.36. The first-order chi connectivity index (χ1) is 13.0. The molecule has 0 spiro atoms. The fourth-order valence-electron chi connectivity index (χ4n) is 3.57. The summed E-state index contributed by atoms with van der Waals surface area (Å²) in [6, 6.07) is 9.26. The van der Waals surface area contributed by atoms with Crippen molar-refractivity contribution in [3.05, 3.63) is 58.9 Å². The van der Waals surface area contributed by atoms with Crippen LogP contribution in [-0.2, 0) is 4.74 Å². The Labute approximate surface area is 161 Å². The lowest BCUT2D eigenvalue weighted by Crippen LogP contribution is -2.18. The summed E-state index contributed by atoms with van der Waals surface area (Å²) in [6.07, 6.45) is 3.54. The molecule has 1 unspecified atom stereocenters. The van der Waals surface area contributed by atoms with Gasteiger partial charge < -0.3 is 4.74 Å². The van der Waals surface area contributed by atoms with Crippen LogP contribution >= 0.6 is 11.6 Å². The molecule has 1 atom stereocenters. The fourth-order valence-corrected chi connectivity index (χ4v) is 3.81. The van der Waals surface area contributed by atoms with Gasteiger partial charge in [0.15, 0.2) is 0 Å². The first-order valence-electron chi connectivity index (χ1n) is 8.67. The van der Waals surface area contributed by atoms with Gasteiger partial charge in [0, 0.05) is 21.4 Å². The van der Waals surface area contributed by atoms with E-state index in [4.69, 9.17) is 16.3 Å². The molecule has 2 heterocycles. The third-order valence-corrected chi connectivity index (χ3v) is 4.99. The van der Waals surface area contributed by atoms with Crippen molar-refractivity contribution < 1.29 is 9.53 Å². The van der Waals surface area contributed by atoms with E-state index in [1.807, 2.05) is 22.9 Å². The minimum absolute atomic E-state index is 0.0480. The molecule has 138 valence electrons. The van der Waals surface area contributed by atoms with Crippen molar-refractivity contribution in [2.24, 2.45) is 5.92 Å². The van der Waals surface area contributed by atoms with Gasteiger partial charge >= 0.3 is 5.97 Å². The number of nitrogens with one attached hydrogen (secondary N) is 1. The summed E-state index contributed by atoms with van der Waals surface area (Å²) in [5.74, 6) is -0.114. The average Bonchev–Trinajstić information content (AvgIpc) is 3.27. The Hall–Kier alpha value is -2.86. The lowest BCUT2D eigenvalue weighted by molar-refractivity contribution is 0.0601. The topological polar surface area (TPSA) is 72.8 Å². The van der Waals surface area contributed by atoms with E-state index in [2.05, 4.69) is 29.1 Å². The zero-order chi connectivity index (χ0) is 19.1. The van der Waals surface area contributed by atoms with Gasteiger partial charge in [0.05, 0.1) is 42.1 Å². The Kier molecular flexibility index (Phi) is 4.36. The lowest BCUT2D eigenvalue weighted by atomic mass is 9.94. The molecule has 0 saturated carbocycles. The molecular formula is C20H19ClN4O2. The van der Waals surface area contributed by atoms with Gasteiger partial charge in [-0.25, -0.2) is 4.79 Å². The highest BCUT2D eigenvalue weighted by molar-refractivity contribution is 6.31. The van der Waals surface area contributed by atoms with E-state index < -0.39 is 0 Å². The molecule has 2 aromatic heterocycles. The zero-order valence-corrected chi connectivity index (χ0v) is 16.0. The predicted octanol–water partition coefficient (Wildman–Crippen LogP) is 4.60. The number of halogens is 1. The number of esters is 1. The van der Waals surface area contributed by atoms with E-state index in [0.717, 1.165) is 27.4 Å². The van der Waals surface area contributed by atoms with Gasteiger partial charge in [-0.3, -0.25) is 9.78 Å². The second-order valence-electron chi connectivity index (χ2n) is 6.87. The zero-order valence-electron chi connectivity index (χ0n) is 15.2. The molecule has 2 aromatic carbocycles. The van der Waals surface area contributed by atoms with Crippen LogP contribution in [0.15, 0.2) is 42.7 Å². The second-order valence-corrected chi connectivity index (χ2v) is 7.31. The smallest absolute Gasteiger partial charge is 0.337 e.